The van der Waals surface area contributed by atoms with E-state index in [0.717, 1.165) is 6.42 Å². The Morgan fingerprint density at radius 2 is 1.90 bits per heavy atom. The molecule has 0 fully saturated rings. The van der Waals surface area contributed by atoms with Gasteiger partial charge in [0.15, 0.2) is 6.10 Å². The normalized spacial score (nSPS) is 12.0. The average Bonchev–Trinajstić information content (AvgIpc) is 2.37. The monoisotopic (exact) mass is 293 g/mol. The summed E-state index contributed by atoms with van der Waals surface area (Å²) in [5.74, 6) is -0.463. The predicted octanol–water partition coefficient (Wildman–Crippen LogP) is 1.56. The fourth-order valence-corrected chi connectivity index (χ4v) is 1.67. The van der Waals surface area contributed by atoms with Crippen molar-refractivity contribution >= 4 is 23.3 Å². The standard InChI is InChI=1S/C15H23N3O3/c1-9(2)6-7-18-14(19)10(3)21-15(20)12-5-4-11(16)8-13(12)17/h4-5,8-10H,6-7,16-17H2,1-3H3,(H,18,19). The Morgan fingerprint density at radius 3 is 2.48 bits per heavy atom. The SMILES string of the molecule is CC(C)CCNC(=O)C(C)OC(=O)c1ccc(N)cc1N. The number of hydrogen-bond acceptors (Lipinski definition) is 5. The van der Waals surface area contributed by atoms with E-state index in [9.17, 15) is 9.59 Å². The van der Waals surface area contributed by atoms with Gasteiger partial charge < -0.3 is 21.5 Å². The molecule has 6 heteroatoms. The van der Waals surface area contributed by atoms with Crippen LogP contribution in [0.25, 0.3) is 0 Å². The second-order valence-electron chi connectivity index (χ2n) is 5.37. The zero-order valence-corrected chi connectivity index (χ0v) is 12.7. The number of carbonyl (C=O) groups excluding carboxylic acids is 2. The minimum absolute atomic E-state index is 0.200. The number of esters is 1. The maximum atomic E-state index is 12.0. The van der Waals surface area contributed by atoms with Crippen molar-refractivity contribution in [3.05, 3.63) is 23.8 Å². The van der Waals surface area contributed by atoms with E-state index in [2.05, 4.69) is 19.2 Å². The van der Waals surface area contributed by atoms with Gasteiger partial charge in [0, 0.05) is 17.9 Å². The number of benzene rings is 1. The second-order valence-corrected chi connectivity index (χ2v) is 5.37. The Hall–Kier alpha value is -2.24. The third-order valence-electron chi connectivity index (χ3n) is 2.97. The first kappa shape index (κ1) is 16.8. The summed E-state index contributed by atoms with van der Waals surface area (Å²) in [6.07, 6.45) is -0.00117. The number of nitrogen functional groups attached to an aromatic ring is 2. The molecule has 1 rings (SSSR count). The lowest BCUT2D eigenvalue weighted by molar-refractivity contribution is -0.129. The Morgan fingerprint density at radius 1 is 1.24 bits per heavy atom. The van der Waals surface area contributed by atoms with Crippen LogP contribution in [0, 0.1) is 5.92 Å². The van der Waals surface area contributed by atoms with Crippen molar-refractivity contribution in [1.29, 1.82) is 0 Å². The second kappa shape index (κ2) is 7.52. The first-order valence-corrected chi connectivity index (χ1v) is 6.95. The van der Waals surface area contributed by atoms with Gasteiger partial charge in [0.05, 0.1) is 5.56 Å². The summed E-state index contributed by atoms with van der Waals surface area (Å²) in [6.45, 7) is 6.22. The third-order valence-corrected chi connectivity index (χ3v) is 2.97. The summed E-state index contributed by atoms with van der Waals surface area (Å²) in [4.78, 5) is 23.7. The highest BCUT2D eigenvalue weighted by Crippen LogP contribution is 2.17. The fourth-order valence-electron chi connectivity index (χ4n) is 1.67. The molecule has 1 aromatic carbocycles. The Bertz CT molecular complexity index is 515. The summed E-state index contributed by atoms with van der Waals surface area (Å²) in [7, 11) is 0. The van der Waals surface area contributed by atoms with Crippen molar-refractivity contribution in [2.24, 2.45) is 5.92 Å². The highest BCUT2D eigenvalue weighted by atomic mass is 16.5. The van der Waals surface area contributed by atoms with Gasteiger partial charge in [-0.3, -0.25) is 4.79 Å². The van der Waals surface area contributed by atoms with Crippen molar-refractivity contribution in [3.8, 4) is 0 Å². The number of ether oxygens (including phenoxy) is 1. The minimum atomic E-state index is -0.874. The van der Waals surface area contributed by atoms with Gasteiger partial charge in [-0.05, 0) is 37.5 Å². The van der Waals surface area contributed by atoms with E-state index in [1.54, 1.807) is 6.07 Å². The number of nitrogens with one attached hydrogen (secondary N) is 1. The van der Waals surface area contributed by atoms with E-state index in [-0.39, 0.29) is 17.2 Å². The molecule has 0 bridgehead atoms. The van der Waals surface area contributed by atoms with E-state index in [1.165, 1.54) is 19.1 Å². The minimum Gasteiger partial charge on any atom is -0.449 e. The number of hydrogen-bond donors (Lipinski definition) is 3. The Kier molecular flexibility index (Phi) is 6.02. The van der Waals surface area contributed by atoms with Crippen LogP contribution in [0.5, 0.6) is 0 Å². The molecule has 116 valence electrons. The first-order valence-electron chi connectivity index (χ1n) is 6.95. The van der Waals surface area contributed by atoms with Crippen molar-refractivity contribution in [2.75, 3.05) is 18.0 Å². The van der Waals surface area contributed by atoms with Gasteiger partial charge in [-0.1, -0.05) is 13.8 Å². The summed E-state index contributed by atoms with van der Waals surface area (Å²) < 4.78 is 5.10. The van der Waals surface area contributed by atoms with Crippen LogP contribution in [0.3, 0.4) is 0 Å². The summed E-state index contributed by atoms with van der Waals surface area (Å²) in [6, 6.07) is 4.51. The molecule has 0 heterocycles. The third kappa shape index (κ3) is 5.33. The van der Waals surface area contributed by atoms with E-state index < -0.39 is 12.1 Å². The van der Waals surface area contributed by atoms with Gasteiger partial charge >= 0.3 is 5.97 Å². The largest absolute Gasteiger partial charge is 0.449 e. The van der Waals surface area contributed by atoms with Gasteiger partial charge in [0.1, 0.15) is 0 Å². The maximum Gasteiger partial charge on any atom is 0.341 e. The van der Waals surface area contributed by atoms with Crippen LogP contribution in [-0.4, -0.2) is 24.5 Å². The number of rotatable bonds is 6. The molecule has 1 unspecified atom stereocenters. The predicted molar refractivity (Wildman–Crippen MR) is 82.6 cm³/mol. The molecule has 0 saturated carbocycles. The molecule has 21 heavy (non-hydrogen) atoms. The number of anilines is 2. The summed E-state index contributed by atoms with van der Waals surface area (Å²) >= 11 is 0. The van der Waals surface area contributed by atoms with Crippen LogP contribution in [-0.2, 0) is 9.53 Å². The molecule has 6 nitrogen and oxygen atoms in total. The molecule has 0 aliphatic rings. The van der Waals surface area contributed by atoms with Gasteiger partial charge in [-0.25, -0.2) is 4.79 Å². The molecular weight excluding hydrogens is 270 g/mol. The smallest absolute Gasteiger partial charge is 0.341 e. The van der Waals surface area contributed by atoms with Crippen molar-refractivity contribution in [1.82, 2.24) is 5.32 Å². The van der Waals surface area contributed by atoms with Crippen LogP contribution in [0.1, 0.15) is 37.6 Å². The van der Waals surface area contributed by atoms with Gasteiger partial charge in [0.25, 0.3) is 5.91 Å². The molecule has 0 aliphatic heterocycles. The quantitative estimate of drug-likeness (QED) is 0.545. The average molecular weight is 293 g/mol. The zero-order valence-electron chi connectivity index (χ0n) is 12.7. The van der Waals surface area contributed by atoms with E-state index in [4.69, 9.17) is 16.2 Å². The molecule has 1 atom stereocenters. The lowest BCUT2D eigenvalue weighted by Gasteiger charge is -2.15. The first-order chi connectivity index (χ1) is 9.81. The van der Waals surface area contributed by atoms with E-state index in [1.807, 2.05) is 0 Å². The van der Waals surface area contributed by atoms with Crippen molar-refractivity contribution < 1.29 is 14.3 Å². The van der Waals surface area contributed by atoms with Gasteiger partial charge in [-0.15, -0.1) is 0 Å². The molecule has 0 aromatic heterocycles. The highest BCUT2D eigenvalue weighted by Gasteiger charge is 2.20. The van der Waals surface area contributed by atoms with Crippen molar-refractivity contribution in [3.63, 3.8) is 0 Å². The maximum absolute atomic E-state index is 12.0. The molecule has 0 spiro atoms. The summed E-state index contributed by atoms with van der Waals surface area (Å²) in [5.41, 5.74) is 12.2. The van der Waals surface area contributed by atoms with E-state index in [0.29, 0.717) is 18.2 Å². The van der Waals surface area contributed by atoms with Crippen LogP contribution >= 0.6 is 0 Å². The fraction of sp³-hybridized carbons (Fsp3) is 0.467. The number of carbonyl (C=O) groups is 2. The summed E-state index contributed by atoms with van der Waals surface area (Å²) in [5, 5.41) is 2.73. The Labute approximate surface area is 124 Å². The topological polar surface area (TPSA) is 107 Å². The molecule has 1 amide bonds. The van der Waals surface area contributed by atoms with Crippen LogP contribution in [0.15, 0.2) is 18.2 Å². The number of nitrogens with two attached hydrogens (primary N) is 2. The molecule has 0 radical (unpaired) electrons. The molecule has 1 aromatic rings. The Balaban J connectivity index is 2.55. The molecular formula is C15H23N3O3. The van der Waals surface area contributed by atoms with Crippen molar-refractivity contribution in [2.45, 2.75) is 33.3 Å². The zero-order chi connectivity index (χ0) is 16.0. The molecule has 5 N–H and O–H groups in total. The highest BCUT2D eigenvalue weighted by molar-refractivity contribution is 5.97. The van der Waals surface area contributed by atoms with Crippen LogP contribution in [0.4, 0.5) is 11.4 Å². The van der Waals surface area contributed by atoms with Gasteiger partial charge in [-0.2, -0.15) is 0 Å². The number of amides is 1. The van der Waals surface area contributed by atoms with Crippen LogP contribution in [0.2, 0.25) is 0 Å². The van der Waals surface area contributed by atoms with Gasteiger partial charge in [0.2, 0.25) is 0 Å². The molecule has 0 saturated heterocycles. The van der Waals surface area contributed by atoms with Crippen LogP contribution < -0.4 is 16.8 Å². The molecule has 0 aliphatic carbocycles. The lowest BCUT2D eigenvalue weighted by atomic mass is 10.1. The van der Waals surface area contributed by atoms with E-state index >= 15 is 0 Å². The lowest BCUT2D eigenvalue weighted by Crippen LogP contribution is -2.36.